The molecule has 0 saturated heterocycles. The highest BCUT2D eigenvalue weighted by Gasteiger charge is 2.54. The van der Waals surface area contributed by atoms with Gasteiger partial charge in [0.2, 0.25) is 0 Å². The zero-order valence-corrected chi connectivity index (χ0v) is 30.3. The van der Waals surface area contributed by atoms with Crippen LogP contribution in [0.2, 0.25) is 0 Å². The number of hydrogen-bond donors (Lipinski definition) is 0. The van der Waals surface area contributed by atoms with Crippen molar-refractivity contribution in [3.05, 3.63) is 214 Å². The van der Waals surface area contributed by atoms with E-state index in [4.69, 9.17) is 0 Å². The Bertz CT molecular complexity index is 2720. The molecular formula is C52H39N. The van der Waals surface area contributed by atoms with E-state index in [9.17, 15) is 0 Å². The Balaban J connectivity index is 1.20. The SMILES string of the molecule is Cc1ccc2c(c1)C1(C3=C2C=CC3)c2ccccc2-c2cccc(N(c3ccc(-c4ccccc4)cc3)c3ccc4c(c3)C(C)(C)c3ccccc3-4)c21. The normalized spacial score (nSPS) is 17.7. The van der Waals surface area contributed by atoms with Crippen LogP contribution in [-0.2, 0) is 10.8 Å². The summed E-state index contributed by atoms with van der Waals surface area (Å²) in [4.78, 5) is 2.55. The van der Waals surface area contributed by atoms with Crippen LogP contribution in [0.3, 0.4) is 0 Å². The van der Waals surface area contributed by atoms with Gasteiger partial charge >= 0.3 is 0 Å². The van der Waals surface area contributed by atoms with Crippen LogP contribution in [0, 0.1) is 6.92 Å². The third-order valence-electron chi connectivity index (χ3n) is 12.6. The molecule has 0 aromatic heterocycles. The van der Waals surface area contributed by atoms with Gasteiger partial charge in [-0.2, -0.15) is 0 Å². The molecule has 1 nitrogen and oxygen atoms in total. The van der Waals surface area contributed by atoms with E-state index in [1.807, 2.05) is 0 Å². The largest absolute Gasteiger partial charge is 0.310 e. The van der Waals surface area contributed by atoms with Crippen molar-refractivity contribution in [2.45, 2.75) is 38.0 Å². The average Bonchev–Trinajstić information content (AvgIpc) is 3.92. The maximum absolute atomic E-state index is 2.55. The van der Waals surface area contributed by atoms with Crippen LogP contribution in [0.4, 0.5) is 17.1 Å². The highest BCUT2D eigenvalue weighted by Crippen LogP contribution is 2.66. The second-order valence-electron chi connectivity index (χ2n) is 15.7. The summed E-state index contributed by atoms with van der Waals surface area (Å²) in [6, 6.07) is 59.4. The van der Waals surface area contributed by atoms with Crippen LogP contribution in [0.15, 0.2) is 175 Å². The fourth-order valence-electron chi connectivity index (χ4n) is 10.3. The first kappa shape index (κ1) is 30.4. The summed E-state index contributed by atoms with van der Waals surface area (Å²) in [5, 5.41) is 0. The van der Waals surface area contributed by atoms with E-state index in [2.05, 4.69) is 196 Å². The molecule has 1 heteroatoms. The maximum Gasteiger partial charge on any atom is 0.0712 e. The maximum atomic E-state index is 2.55. The van der Waals surface area contributed by atoms with Gasteiger partial charge in [0.15, 0.2) is 0 Å². The molecule has 1 spiro atoms. The van der Waals surface area contributed by atoms with Gasteiger partial charge in [-0.25, -0.2) is 0 Å². The highest BCUT2D eigenvalue weighted by molar-refractivity contribution is 6.01. The third-order valence-corrected chi connectivity index (χ3v) is 12.6. The first-order chi connectivity index (χ1) is 26.0. The van der Waals surface area contributed by atoms with E-state index >= 15 is 0 Å². The molecule has 0 amide bonds. The van der Waals surface area contributed by atoms with Gasteiger partial charge in [-0.05, 0) is 116 Å². The number of aryl methyl sites for hydroxylation is 1. The lowest BCUT2D eigenvalue weighted by atomic mass is 9.68. The highest BCUT2D eigenvalue weighted by atomic mass is 15.1. The summed E-state index contributed by atoms with van der Waals surface area (Å²) >= 11 is 0. The lowest BCUT2D eigenvalue weighted by Crippen LogP contribution is -2.29. The molecule has 252 valence electrons. The van der Waals surface area contributed by atoms with Crippen LogP contribution in [0.1, 0.15) is 59.2 Å². The molecule has 0 fully saturated rings. The van der Waals surface area contributed by atoms with Crippen LogP contribution in [0.5, 0.6) is 0 Å². The van der Waals surface area contributed by atoms with Crippen molar-refractivity contribution >= 4 is 22.6 Å². The van der Waals surface area contributed by atoms with E-state index in [0.717, 1.165) is 12.1 Å². The summed E-state index contributed by atoms with van der Waals surface area (Å²) < 4.78 is 0. The lowest BCUT2D eigenvalue weighted by molar-refractivity contribution is 0.660. The molecule has 7 aromatic rings. The van der Waals surface area contributed by atoms with Crippen molar-refractivity contribution in [2.24, 2.45) is 0 Å². The molecule has 53 heavy (non-hydrogen) atoms. The van der Waals surface area contributed by atoms with Gasteiger partial charge in [0.1, 0.15) is 0 Å². The number of hydrogen-bond acceptors (Lipinski definition) is 1. The molecule has 7 aromatic carbocycles. The first-order valence-electron chi connectivity index (χ1n) is 18.9. The number of rotatable bonds is 4. The second kappa shape index (κ2) is 10.9. The Morgan fingerprint density at radius 3 is 1.94 bits per heavy atom. The number of nitrogens with zero attached hydrogens (tertiary/aromatic N) is 1. The van der Waals surface area contributed by atoms with Crippen molar-refractivity contribution in [1.29, 1.82) is 0 Å². The van der Waals surface area contributed by atoms with Crippen molar-refractivity contribution in [3.63, 3.8) is 0 Å². The van der Waals surface area contributed by atoms with E-state index < -0.39 is 5.41 Å². The second-order valence-corrected chi connectivity index (χ2v) is 15.7. The molecule has 4 aliphatic carbocycles. The summed E-state index contributed by atoms with van der Waals surface area (Å²) in [6.07, 6.45) is 5.70. The summed E-state index contributed by atoms with van der Waals surface area (Å²) in [5.74, 6) is 0. The fraction of sp³-hybridized carbons (Fsp3) is 0.115. The quantitative estimate of drug-likeness (QED) is 0.179. The van der Waals surface area contributed by atoms with E-state index in [0.29, 0.717) is 0 Å². The lowest BCUT2D eigenvalue weighted by Gasteiger charge is -2.37. The molecule has 0 heterocycles. The summed E-state index contributed by atoms with van der Waals surface area (Å²) in [6.45, 7) is 7.00. The van der Waals surface area contributed by atoms with Crippen LogP contribution >= 0.6 is 0 Å². The van der Waals surface area contributed by atoms with Crippen molar-refractivity contribution in [3.8, 4) is 33.4 Å². The first-order valence-corrected chi connectivity index (χ1v) is 18.9. The van der Waals surface area contributed by atoms with Crippen LogP contribution in [0.25, 0.3) is 39.0 Å². The minimum absolute atomic E-state index is 0.113. The van der Waals surface area contributed by atoms with Gasteiger partial charge in [0.05, 0.1) is 11.1 Å². The molecule has 0 N–H and O–H groups in total. The summed E-state index contributed by atoms with van der Waals surface area (Å²) in [5.41, 5.74) is 23.4. The topological polar surface area (TPSA) is 3.24 Å². The number of fused-ring (bicyclic) bond motifs is 12. The minimum Gasteiger partial charge on any atom is -0.310 e. The zero-order valence-electron chi connectivity index (χ0n) is 30.3. The van der Waals surface area contributed by atoms with Gasteiger partial charge in [-0.3, -0.25) is 0 Å². The predicted molar refractivity (Wildman–Crippen MR) is 221 cm³/mol. The molecule has 4 aliphatic rings. The van der Waals surface area contributed by atoms with Gasteiger partial charge in [0.25, 0.3) is 0 Å². The number of anilines is 3. The standard InChI is InChI=1S/C52H39N/c1-33-23-29-42-39-17-11-21-46(39)52(48(42)31-33)45-20-10-8-16-40(45)43-18-12-22-49(50(43)52)53(36-26-24-35(25-27-36)34-13-5-4-6-14-34)37-28-30-41-38-15-7-9-19-44(38)51(2,3)47(41)32-37/h4-20,22-32H,21H2,1-3H3. The Hall–Kier alpha value is -6.18. The minimum atomic E-state index is -0.392. The Kier molecular flexibility index (Phi) is 6.27. The molecule has 0 aliphatic heterocycles. The Labute approximate surface area is 312 Å². The number of benzene rings is 7. The van der Waals surface area contributed by atoms with Gasteiger partial charge in [-0.1, -0.05) is 159 Å². The van der Waals surface area contributed by atoms with Gasteiger partial charge in [0, 0.05) is 22.4 Å². The fourth-order valence-corrected chi connectivity index (χ4v) is 10.3. The molecular weight excluding hydrogens is 639 g/mol. The Morgan fingerprint density at radius 2 is 1.13 bits per heavy atom. The van der Waals surface area contributed by atoms with E-state index in [1.54, 1.807) is 0 Å². The molecule has 0 radical (unpaired) electrons. The summed E-state index contributed by atoms with van der Waals surface area (Å²) in [7, 11) is 0. The monoisotopic (exact) mass is 677 g/mol. The predicted octanol–water partition coefficient (Wildman–Crippen LogP) is 13.5. The third kappa shape index (κ3) is 4.03. The van der Waals surface area contributed by atoms with Crippen molar-refractivity contribution in [2.75, 3.05) is 4.90 Å². The molecule has 0 bridgehead atoms. The molecule has 0 saturated carbocycles. The van der Waals surface area contributed by atoms with E-state index in [1.165, 1.54) is 94.8 Å². The van der Waals surface area contributed by atoms with Gasteiger partial charge < -0.3 is 4.90 Å². The number of allylic oxidation sites excluding steroid dienone is 4. The molecule has 11 rings (SSSR count). The average molecular weight is 678 g/mol. The smallest absolute Gasteiger partial charge is 0.0712 e. The molecule has 1 unspecified atom stereocenters. The van der Waals surface area contributed by atoms with E-state index in [-0.39, 0.29) is 5.41 Å². The van der Waals surface area contributed by atoms with Crippen molar-refractivity contribution in [1.82, 2.24) is 0 Å². The Morgan fingerprint density at radius 1 is 0.491 bits per heavy atom. The zero-order chi connectivity index (χ0) is 35.5. The molecule has 1 atom stereocenters. The van der Waals surface area contributed by atoms with Crippen LogP contribution < -0.4 is 4.90 Å². The van der Waals surface area contributed by atoms with Crippen LogP contribution in [-0.4, -0.2) is 0 Å². The van der Waals surface area contributed by atoms with Gasteiger partial charge in [-0.15, -0.1) is 0 Å². The van der Waals surface area contributed by atoms with Crippen molar-refractivity contribution < 1.29 is 0 Å².